The van der Waals surface area contributed by atoms with Crippen LogP contribution in [0.1, 0.15) is 11.1 Å². The summed E-state index contributed by atoms with van der Waals surface area (Å²) in [7, 11) is 0. The fraction of sp³-hybridized carbons (Fsp3) is 0.222. The Morgan fingerprint density at radius 1 is 1.33 bits per heavy atom. The summed E-state index contributed by atoms with van der Waals surface area (Å²) >= 11 is 0. The summed E-state index contributed by atoms with van der Waals surface area (Å²) in [6.45, 7) is 0.383. The summed E-state index contributed by atoms with van der Waals surface area (Å²) in [5.41, 5.74) is 1.63. The van der Waals surface area contributed by atoms with Crippen molar-refractivity contribution in [1.29, 1.82) is 0 Å². The van der Waals surface area contributed by atoms with E-state index < -0.39 is 5.09 Å². The minimum atomic E-state index is -0.831. The fourth-order valence-electron chi connectivity index (χ4n) is 1.04. The lowest BCUT2D eigenvalue weighted by Gasteiger charge is -2.02. The Balaban J connectivity index is 2.48. The summed E-state index contributed by atoms with van der Waals surface area (Å²) in [4.78, 5) is 24.1. The van der Waals surface area contributed by atoms with E-state index in [1.807, 2.05) is 0 Å². The fourth-order valence-corrected chi connectivity index (χ4v) is 1.04. The van der Waals surface area contributed by atoms with Gasteiger partial charge in [-0.2, -0.15) is 0 Å². The molecule has 0 atom stereocenters. The highest BCUT2D eigenvalue weighted by atomic mass is 16.9. The highest BCUT2D eigenvalue weighted by Crippen LogP contribution is 2.05. The first-order chi connectivity index (χ1) is 7.22. The largest absolute Gasteiger partial charge is 0.355 e. The predicted molar refractivity (Wildman–Crippen MR) is 51.1 cm³/mol. The Labute approximate surface area is 86.0 Å². The van der Waals surface area contributed by atoms with E-state index in [1.54, 1.807) is 24.3 Å². The van der Waals surface area contributed by atoms with Gasteiger partial charge in [0, 0.05) is 6.54 Å². The van der Waals surface area contributed by atoms with Crippen LogP contribution < -0.4 is 5.32 Å². The molecule has 1 rings (SSSR count). The Kier molecular flexibility index (Phi) is 4.08. The molecule has 0 unspecified atom stereocenters. The van der Waals surface area contributed by atoms with Crippen LogP contribution in [-0.2, 0) is 22.8 Å². The number of nitrogens with one attached hydrogen (secondary N) is 1. The molecule has 0 aromatic heterocycles. The number of carbonyl (C=O) groups is 1. The van der Waals surface area contributed by atoms with Gasteiger partial charge in [-0.1, -0.05) is 24.3 Å². The van der Waals surface area contributed by atoms with Crippen LogP contribution in [0.2, 0.25) is 0 Å². The van der Waals surface area contributed by atoms with Crippen LogP contribution in [0.3, 0.4) is 0 Å². The van der Waals surface area contributed by atoms with Gasteiger partial charge in [-0.05, 0) is 11.1 Å². The van der Waals surface area contributed by atoms with E-state index in [-0.39, 0.29) is 6.61 Å². The first kappa shape index (κ1) is 11.0. The third-order valence-electron chi connectivity index (χ3n) is 1.75. The number of hydrogen-bond acceptors (Lipinski definition) is 4. The average Bonchev–Trinajstić information content (AvgIpc) is 2.25. The van der Waals surface area contributed by atoms with Gasteiger partial charge in [-0.25, -0.2) is 0 Å². The van der Waals surface area contributed by atoms with E-state index in [2.05, 4.69) is 10.2 Å². The predicted octanol–water partition coefficient (Wildman–Crippen LogP) is 0.641. The normalized spacial score (nSPS) is 9.33. The standard InChI is InChI=1S/C9H10N2O4/c12-7-10-5-8-1-3-9(4-2-8)6-15-11(13)14/h1-4,7H,5-6H2,(H,10,12). The molecule has 0 bridgehead atoms. The minimum absolute atomic E-state index is 0.0611. The molecule has 80 valence electrons. The third-order valence-corrected chi connectivity index (χ3v) is 1.75. The Hall–Kier alpha value is -2.11. The summed E-state index contributed by atoms with van der Waals surface area (Å²) in [6.07, 6.45) is 0.615. The molecule has 15 heavy (non-hydrogen) atoms. The van der Waals surface area contributed by atoms with Crippen molar-refractivity contribution in [3.63, 3.8) is 0 Å². The lowest BCUT2D eigenvalue weighted by Crippen LogP contribution is -2.09. The van der Waals surface area contributed by atoms with Gasteiger partial charge in [0.1, 0.15) is 6.61 Å². The van der Waals surface area contributed by atoms with E-state index in [4.69, 9.17) is 0 Å². The zero-order chi connectivity index (χ0) is 11.1. The van der Waals surface area contributed by atoms with Crippen LogP contribution in [0.4, 0.5) is 0 Å². The van der Waals surface area contributed by atoms with Crippen molar-refractivity contribution in [3.8, 4) is 0 Å². The molecule has 0 aliphatic heterocycles. The number of benzene rings is 1. The molecule has 1 amide bonds. The molecule has 0 aliphatic carbocycles. The van der Waals surface area contributed by atoms with Gasteiger partial charge in [-0.15, -0.1) is 10.1 Å². The van der Waals surface area contributed by atoms with Crippen molar-refractivity contribution >= 4 is 6.41 Å². The SMILES string of the molecule is O=CNCc1ccc(CO[N+](=O)[O-])cc1. The van der Waals surface area contributed by atoms with Gasteiger partial charge in [0.2, 0.25) is 6.41 Å². The second kappa shape index (κ2) is 5.58. The topological polar surface area (TPSA) is 81.5 Å². The van der Waals surface area contributed by atoms with Gasteiger partial charge in [0.15, 0.2) is 0 Å². The Morgan fingerprint density at radius 3 is 2.47 bits per heavy atom. The monoisotopic (exact) mass is 210 g/mol. The van der Waals surface area contributed by atoms with Crippen LogP contribution in [0, 0.1) is 10.1 Å². The molecule has 1 aromatic carbocycles. The molecular formula is C9H10N2O4. The molecule has 0 radical (unpaired) electrons. The van der Waals surface area contributed by atoms with Crippen molar-refractivity contribution < 1.29 is 14.7 Å². The van der Waals surface area contributed by atoms with E-state index in [0.29, 0.717) is 18.5 Å². The van der Waals surface area contributed by atoms with E-state index in [0.717, 1.165) is 5.56 Å². The molecule has 0 saturated carbocycles. The number of carbonyl (C=O) groups excluding carboxylic acids is 1. The Morgan fingerprint density at radius 2 is 1.93 bits per heavy atom. The third kappa shape index (κ3) is 4.08. The van der Waals surface area contributed by atoms with E-state index >= 15 is 0 Å². The number of amides is 1. The van der Waals surface area contributed by atoms with Gasteiger partial charge >= 0.3 is 0 Å². The van der Waals surface area contributed by atoms with Crippen LogP contribution in [-0.4, -0.2) is 11.5 Å². The van der Waals surface area contributed by atoms with Crippen LogP contribution in [0.15, 0.2) is 24.3 Å². The highest BCUT2D eigenvalue weighted by molar-refractivity contribution is 5.46. The van der Waals surface area contributed by atoms with Crippen LogP contribution in [0.5, 0.6) is 0 Å². The maximum atomic E-state index is 10.0. The van der Waals surface area contributed by atoms with Crippen molar-refractivity contribution in [2.24, 2.45) is 0 Å². The molecule has 0 spiro atoms. The van der Waals surface area contributed by atoms with Crippen molar-refractivity contribution in [1.82, 2.24) is 5.32 Å². The maximum absolute atomic E-state index is 10.0. The number of nitrogens with zero attached hydrogens (tertiary/aromatic N) is 1. The van der Waals surface area contributed by atoms with Crippen molar-refractivity contribution in [2.45, 2.75) is 13.2 Å². The van der Waals surface area contributed by atoms with Gasteiger partial charge in [-0.3, -0.25) is 4.79 Å². The molecule has 0 fully saturated rings. The lowest BCUT2D eigenvalue weighted by molar-refractivity contribution is -0.763. The second-order valence-electron chi connectivity index (χ2n) is 2.81. The van der Waals surface area contributed by atoms with Gasteiger partial charge in [0.05, 0.1) is 0 Å². The summed E-state index contributed by atoms with van der Waals surface area (Å²) in [6, 6.07) is 6.97. The smallest absolute Gasteiger partial charge is 0.294 e. The summed E-state index contributed by atoms with van der Waals surface area (Å²) in [5.74, 6) is 0. The first-order valence-corrected chi connectivity index (χ1v) is 4.24. The van der Waals surface area contributed by atoms with Crippen molar-refractivity contribution in [3.05, 3.63) is 45.5 Å². The zero-order valence-electron chi connectivity index (χ0n) is 7.88. The zero-order valence-corrected chi connectivity index (χ0v) is 7.88. The minimum Gasteiger partial charge on any atom is -0.355 e. The van der Waals surface area contributed by atoms with E-state index in [9.17, 15) is 14.9 Å². The van der Waals surface area contributed by atoms with Crippen LogP contribution in [0.25, 0.3) is 0 Å². The van der Waals surface area contributed by atoms with Crippen molar-refractivity contribution in [2.75, 3.05) is 0 Å². The number of hydrogen-bond donors (Lipinski definition) is 1. The molecule has 0 heterocycles. The highest BCUT2D eigenvalue weighted by Gasteiger charge is 1.97. The summed E-state index contributed by atoms with van der Waals surface area (Å²) < 4.78 is 0. The molecule has 0 saturated heterocycles. The van der Waals surface area contributed by atoms with Crippen LogP contribution >= 0.6 is 0 Å². The number of rotatable bonds is 6. The first-order valence-electron chi connectivity index (χ1n) is 4.24. The molecule has 0 aliphatic rings. The molecule has 1 aromatic rings. The second-order valence-corrected chi connectivity index (χ2v) is 2.81. The quantitative estimate of drug-likeness (QED) is 0.424. The lowest BCUT2D eigenvalue weighted by atomic mass is 10.1. The van der Waals surface area contributed by atoms with Gasteiger partial charge < -0.3 is 10.2 Å². The summed E-state index contributed by atoms with van der Waals surface area (Å²) in [5, 5.41) is 11.6. The molecule has 1 N–H and O–H groups in total. The average molecular weight is 210 g/mol. The van der Waals surface area contributed by atoms with Gasteiger partial charge in [0.25, 0.3) is 5.09 Å². The molecule has 6 nitrogen and oxygen atoms in total. The maximum Gasteiger partial charge on any atom is 0.294 e. The molecule has 6 heteroatoms. The van der Waals surface area contributed by atoms with E-state index in [1.165, 1.54) is 0 Å². The molecular weight excluding hydrogens is 200 g/mol. The Bertz CT molecular complexity index is 336.